The van der Waals surface area contributed by atoms with Crippen molar-refractivity contribution in [3.05, 3.63) is 57.2 Å². The van der Waals surface area contributed by atoms with Crippen LogP contribution in [0.4, 0.5) is 5.69 Å². The van der Waals surface area contributed by atoms with Crippen molar-refractivity contribution in [1.29, 1.82) is 0 Å². The summed E-state index contributed by atoms with van der Waals surface area (Å²) in [6.45, 7) is 2.73. The minimum absolute atomic E-state index is 0.0357. The molecule has 1 fully saturated rings. The molecule has 0 spiro atoms. The number of anilines is 1. The lowest BCUT2D eigenvalue weighted by atomic mass is 10.1. The van der Waals surface area contributed by atoms with Crippen molar-refractivity contribution < 1.29 is 18.0 Å². The van der Waals surface area contributed by atoms with E-state index in [1.807, 2.05) is 13.0 Å². The number of sulfonamides is 1. The first-order valence-electron chi connectivity index (χ1n) is 8.89. The molecule has 10 heteroatoms. The third-order valence-electron chi connectivity index (χ3n) is 4.68. The van der Waals surface area contributed by atoms with Crippen molar-refractivity contribution in [2.45, 2.75) is 17.9 Å². The van der Waals surface area contributed by atoms with E-state index >= 15 is 0 Å². The molecule has 3 rings (SSSR count). The van der Waals surface area contributed by atoms with Gasteiger partial charge in [-0.15, -0.1) is 0 Å². The van der Waals surface area contributed by atoms with E-state index in [1.54, 1.807) is 12.1 Å². The quantitative estimate of drug-likeness (QED) is 0.506. The molecule has 1 unspecified atom stereocenters. The second kappa shape index (κ2) is 8.78. The largest absolute Gasteiger partial charge is 0.368 e. The number of aryl methyl sites for hydroxylation is 1. The second-order valence-electron chi connectivity index (χ2n) is 6.68. The molecular weight excluding hydrogens is 507 g/mol. The van der Waals surface area contributed by atoms with E-state index in [2.05, 4.69) is 33.2 Å². The molecule has 0 saturated carbocycles. The van der Waals surface area contributed by atoms with Gasteiger partial charge in [-0.25, -0.2) is 8.42 Å². The first-order valence-corrected chi connectivity index (χ1v) is 11.4. The number of hydrogen-bond donors (Lipinski definition) is 3. The Labute approximate surface area is 183 Å². The predicted octanol–water partition coefficient (Wildman–Crippen LogP) is 1.30. The zero-order valence-electron chi connectivity index (χ0n) is 15.7. The van der Waals surface area contributed by atoms with Gasteiger partial charge in [-0.1, -0.05) is 6.07 Å². The molecule has 8 nitrogen and oxygen atoms in total. The fourth-order valence-corrected chi connectivity index (χ4v) is 5.11. The molecule has 0 bridgehead atoms. The second-order valence-corrected chi connectivity index (χ2v) is 9.73. The number of benzene rings is 2. The van der Waals surface area contributed by atoms with Gasteiger partial charge in [0.15, 0.2) is 0 Å². The van der Waals surface area contributed by atoms with Crippen LogP contribution >= 0.6 is 22.6 Å². The number of nitrogens with zero attached hydrogens (tertiary/aromatic N) is 1. The smallest absolute Gasteiger partial charge is 0.255 e. The van der Waals surface area contributed by atoms with Crippen LogP contribution in [-0.4, -0.2) is 50.2 Å². The van der Waals surface area contributed by atoms with Crippen LogP contribution in [0.1, 0.15) is 15.9 Å². The fraction of sp³-hybridized carbons (Fsp3) is 0.263. The Balaban J connectivity index is 1.77. The van der Waals surface area contributed by atoms with Gasteiger partial charge >= 0.3 is 0 Å². The van der Waals surface area contributed by atoms with Gasteiger partial charge in [-0.2, -0.15) is 4.31 Å². The Morgan fingerprint density at radius 1 is 1.21 bits per heavy atom. The number of nitrogens with two attached hydrogens (primary N) is 1. The maximum absolute atomic E-state index is 12.9. The highest BCUT2D eigenvalue weighted by molar-refractivity contribution is 14.1. The topological polar surface area (TPSA) is 122 Å². The number of carbonyl (C=O) groups excluding carboxylic acids is 2. The SMILES string of the molecule is Cc1ccc(C(=O)Nc2ccc(S(=O)(=O)N3CCNCC3C(N)=O)cc2)cc1I. The summed E-state index contributed by atoms with van der Waals surface area (Å²) in [5.74, 6) is -0.980. The summed E-state index contributed by atoms with van der Waals surface area (Å²) in [5, 5.41) is 5.72. The van der Waals surface area contributed by atoms with E-state index in [4.69, 9.17) is 5.73 Å². The van der Waals surface area contributed by atoms with Crippen LogP contribution in [0, 0.1) is 10.5 Å². The average molecular weight is 528 g/mol. The number of primary amides is 1. The van der Waals surface area contributed by atoms with Gasteiger partial charge in [0.05, 0.1) is 4.90 Å². The molecule has 2 aromatic carbocycles. The van der Waals surface area contributed by atoms with E-state index in [1.165, 1.54) is 24.3 Å². The Kier molecular flexibility index (Phi) is 6.56. The molecule has 1 saturated heterocycles. The van der Waals surface area contributed by atoms with Crippen LogP contribution in [0.15, 0.2) is 47.4 Å². The number of rotatable bonds is 5. The fourth-order valence-electron chi connectivity index (χ4n) is 3.00. The first kappa shape index (κ1) is 21.7. The lowest BCUT2D eigenvalue weighted by Gasteiger charge is -2.33. The normalized spacial score (nSPS) is 17.7. The van der Waals surface area contributed by atoms with Crippen LogP contribution in [0.25, 0.3) is 0 Å². The van der Waals surface area contributed by atoms with Gasteiger partial charge in [0.1, 0.15) is 6.04 Å². The molecule has 1 aliphatic heterocycles. The van der Waals surface area contributed by atoms with Crippen molar-refractivity contribution in [3.8, 4) is 0 Å². The minimum atomic E-state index is -3.89. The van der Waals surface area contributed by atoms with Crippen LogP contribution in [0.2, 0.25) is 0 Å². The predicted molar refractivity (Wildman–Crippen MR) is 118 cm³/mol. The van der Waals surface area contributed by atoms with E-state index in [0.717, 1.165) is 13.4 Å². The zero-order valence-corrected chi connectivity index (χ0v) is 18.7. The summed E-state index contributed by atoms with van der Waals surface area (Å²) in [4.78, 5) is 24.1. The van der Waals surface area contributed by atoms with Crippen LogP contribution in [0.5, 0.6) is 0 Å². The molecule has 1 atom stereocenters. The van der Waals surface area contributed by atoms with Crippen LogP contribution in [-0.2, 0) is 14.8 Å². The van der Waals surface area contributed by atoms with Crippen molar-refractivity contribution in [3.63, 3.8) is 0 Å². The molecule has 1 aliphatic rings. The number of amides is 2. The summed E-state index contributed by atoms with van der Waals surface area (Å²) in [5.41, 5.74) is 7.42. The Hall–Kier alpha value is -2.02. The highest BCUT2D eigenvalue weighted by Gasteiger charge is 2.36. The highest BCUT2D eigenvalue weighted by Crippen LogP contribution is 2.22. The lowest BCUT2D eigenvalue weighted by Crippen LogP contribution is -2.58. The molecule has 2 amide bonds. The Morgan fingerprint density at radius 3 is 2.52 bits per heavy atom. The Morgan fingerprint density at radius 2 is 1.90 bits per heavy atom. The number of hydrogen-bond acceptors (Lipinski definition) is 5. The van der Waals surface area contributed by atoms with Gasteiger partial charge < -0.3 is 16.4 Å². The highest BCUT2D eigenvalue weighted by atomic mass is 127. The maximum Gasteiger partial charge on any atom is 0.255 e. The molecule has 1 heterocycles. The monoisotopic (exact) mass is 528 g/mol. The molecule has 29 heavy (non-hydrogen) atoms. The minimum Gasteiger partial charge on any atom is -0.368 e. The van der Waals surface area contributed by atoms with E-state index in [0.29, 0.717) is 17.8 Å². The number of piperazine rings is 1. The van der Waals surface area contributed by atoms with Crippen molar-refractivity contribution >= 4 is 50.1 Å². The molecule has 4 N–H and O–H groups in total. The molecule has 0 aromatic heterocycles. The van der Waals surface area contributed by atoms with Gasteiger partial charge in [0.25, 0.3) is 5.91 Å². The lowest BCUT2D eigenvalue weighted by molar-refractivity contribution is -0.122. The summed E-state index contributed by atoms with van der Waals surface area (Å²) in [6.07, 6.45) is 0. The zero-order chi connectivity index (χ0) is 21.2. The Bertz CT molecular complexity index is 1040. The van der Waals surface area contributed by atoms with E-state index < -0.39 is 22.0 Å². The van der Waals surface area contributed by atoms with E-state index in [9.17, 15) is 18.0 Å². The standard InChI is InChI=1S/C19H21IN4O4S/c1-12-2-3-13(10-16(12)20)19(26)23-14-4-6-15(7-5-14)29(27,28)24-9-8-22-11-17(24)18(21)25/h2-7,10,17,22H,8-9,11H2,1H3,(H2,21,25)(H,23,26). The van der Waals surface area contributed by atoms with Gasteiger partial charge in [0, 0.05) is 34.5 Å². The number of nitrogens with one attached hydrogen (secondary N) is 2. The van der Waals surface area contributed by atoms with E-state index in [-0.39, 0.29) is 23.9 Å². The summed E-state index contributed by atoms with van der Waals surface area (Å²) < 4.78 is 28.0. The van der Waals surface area contributed by atoms with Gasteiger partial charge in [-0.05, 0) is 71.5 Å². The summed E-state index contributed by atoms with van der Waals surface area (Å²) in [6, 6.07) is 10.3. The number of halogens is 1. The van der Waals surface area contributed by atoms with Crippen molar-refractivity contribution in [2.75, 3.05) is 25.0 Å². The average Bonchev–Trinajstić information content (AvgIpc) is 2.70. The van der Waals surface area contributed by atoms with Crippen LogP contribution < -0.4 is 16.4 Å². The molecule has 0 radical (unpaired) electrons. The third-order valence-corrected chi connectivity index (χ3v) is 7.76. The molecular formula is C19H21IN4O4S. The summed E-state index contributed by atoms with van der Waals surface area (Å²) >= 11 is 2.17. The number of carbonyl (C=O) groups is 2. The molecule has 2 aromatic rings. The maximum atomic E-state index is 12.9. The van der Waals surface area contributed by atoms with Gasteiger partial charge in [-0.3, -0.25) is 9.59 Å². The van der Waals surface area contributed by atoms with Gasteiger partial charge in [0.2, 0.25) is 15.9 Å². The third kappa shape index (κ3) is 4.77. The molecule has 0 aliphatic carbocycles. The van der Waals surface area contributed by atoms with Crippen molar-refractivity contribution in [1.82, 2.24) is 9.62 Å². The van der Waals surface area contributed by atoms with Crippen LogP contribution in [0.3, 0.4) is 0 Å². The first-order chi connectivity index (χ1) is 13.7. The molecule has 154 valence electrons. The van der Waals surface area contributed by atoms with Crippen molar-refractivity contribution in [2.24, 2.45) is 5.73 Å². The summed E-state index contributed by atoms with van der Waals surface area (Å²) in [7, 11) is -3.89.